The van der Waals surface area contributed by atoms with E-state index in [-0.39, 0.29) is 16.7 Å². The number of carbonyl (C=O) groups excluding carboxylic acids is 1. The minimum absolute atomic E-state index is 0.103. The minimum Gasteiger partial charge on any atom is -0.503 e. The third-order valence-corrected chi connectivity index (χ3v) is 2.09. The highest BCUT2D eigenvalue weighted by atomic mass is 16.5. The normalized spacial score (nSPS) is 10.8. The van der Waals surface area contributed by atoms with Gasteiger partial charge < -0.3 is 14.6 Å². The zero-order chi connectivity index (χ0) is 12.8. The fourth-order valence-corrected chi connectivity index (χ4v) is 1.35. The molecule has 0 aliphatic carbocycles. The number of carboxylic acids is 1. The van der Waals surface area contributed by atoms with E-state index in [2.05, 4.69) is 4.74 Å². The summed E-state index contributed by atoms with van der Waals surface area (Å²) in [7, 11) is 2.57. The summed E-state index contributed by atoms with van der Waals surface area (Å²) in [5, 5.41) is 9.04. The largest absolute Gasteiger partial charge is 0.503 e. The van der Waals surface area contributed by atoms with E-state index in [4.69, 9.17) is 9.84 Å². The van der Waals surface area contributed by atoms with Crippen molar-refractivity contribution < 1.29 is 24.2 Å². The molecule has 17 heavy (non-hydrogen) atoms. The highest BCUT2D eigenvalue weighted by Crippen LogP contribution is 2.20. The molecule has 0 bridgehead atoms. The second kappa shape index (κ2) is 5.69. The Morgan fingerprint density at radius 3 is 2.24 bits per heavy atom. The summed E-state index contributed by atoms with van der Waals surface area (Å²) in [6.07, 6.45) is 1.07. The molecule has 5 nitrogen and oxygen atoms in total. The highest BCUT2D eigenvalue weighted by molar-refractivity contribution is 6.17. The Morgan fingerprint density at radius 1 is 1.18 bits per heavy atom. The Kier molecular flexibility index (Phi) is 4.28. The van der Waals surface area contributed by atoms with Gasteiger partial charge in [-0.1, -0.05) is 18.2 Å². The monoisotopic (exact) mass is 236 g/mol. The number of carbonyl (C=O) groups is 2. The molecule has 0 fully saturated rings. The van der Waals surface area contributed by atoms with Crippen molar-refractivity contribution in [3.8, 4) is 0 Å². The number of hydrogen-bond acceptors (Lipinski definition) is 4. The highest BCUT2D eigenvalue weighted by Gasteiger charge is 2.19. The lowest BCUT2D eigenvalue weighted by molar-refractivity contribution is -0.130. The number of rotatable bonds is 4. The molecule has 0 saturated heterocycles. The smallest absolute Gasteiger partial charge is 0.339 e. The molecule has 1 rings (SSSR count). The van der Waals surface area contributed by atoms with Crippen LogP contribution in [0.25, 0.3) is 5.57 Å². The van der Waals surface area contributed by atoms with Crippen molar-refractivity contribution in [3.05, 3.63) is 41.7 Å². The number of aliphatic carboxylic acids is 1. The quantitative estimate of drug-likeness (QED) is 0.487. The molecule has 0 atom stereocenters. The summed E-state index contributed by atoms with van der Waals surface area (Å²) in [5.41, 5.74) is 0.336. The number of ether oxygens (including phenoxy) is 2. The van der Waals surface area contributed by atoms with E-state index in [1.165, 1.54) is 26.4 Å². The summed E-state index contributed by atoms with van der Waals surface area (Å²) < 4.78 is 9.28. The van der Waals surface area contributed by atoms with Gasteiger partial charge in [0, 0.05) is 5.56 Å². The number of hydrogen-bond donors (Lipinski definition) is 1. The van der Waals surface area contributed by atoms with Crippen LogP contribution < -0.4 is 0 Å². The number of methoxy groups -OCH3 is 2. The Bertz CT molecular complexity index is 462. The summed E-state index contributed by atoms with van der Waals surface area (Å²) >= 11 is 0. The van der Waals surface area contributed by atoms with Gasteiger partial charge in [0.15, 0.2) is 0 Å². The first kappa shape index (κ1) is 12.8. The Hall–Kier alpha value is -2.30. The Labute approximate surface area is 98.3 Å². The summed E-state index contributed by atoms with van der Waals surface area (Å²) in [6, 6.07) is 6.27. The van der Waals surface area contributed by atoms with Crippen LogP contribution in [0.1, 0.15) is 15.9 Å². The second-order valence-corrected chi connectivity index (χ2v) is 3.11. The van der Waals surface area contributed by atoms with E-state index in [0.29, 0.717) is 0 Å². The zero-order valence-electron chi connectivity index (χ0n) is 9.47. The van der Waals surface area contributed by atoms with Crippen LogP contribution >= 0.6 is 0 Å². The average molecular weight is 236 g/mol. The van der Waals surface area contributed by atoms with Crippen molar-refractivity contribution in [1.82, 2.24) is 0 Å². The van der Waals surface area contributed by atoms with E-state index in [0.717, 1.165) is 6.26 Å². The molecule has 0 saturated carbocycles. The van der Waals surface area contributed by atoms with Crippen LogP contribution in [0.4, 0.5) is 0 Å². The van der Waals surface area contributed by atoms with E-state index >= 15 is 0 Å². The SMILES string of the molecule is CO/C=C(/C(=O)O)c1ccccc1C(=O)OC. The van der Waals surface area contributed by atoms with Crippen molar-refractivity contribution in [1.29, 1.82) is 0 Å². The van der Waals surface area contributed by atoms with Crippen LogP contribution in [0.5, 0.6) is 0 Å². The van der Waals surface area contributed by atoms with Gasteiger partial charge in [-0.3, -0.25) is 0 Å². The number of carboxylic acid groups (broad SMARTS) is 1. The molecule has 0 unspecified atom stereocenters. The summed E-state index contributed by atoms with van der Waals surface area (Å²) in [6.45, 7) is 0. The predicted molar refractivity (Wildman–Crippen MR) is 60.4 cm³/mol. The zero-order valence-corrected chi connectivity index (χ0v) is 9.47. The van der Waals surface area contributed by atoms with Gasteiger partial charge in [0.2, 0.25) is 0 Å². The molecule has 5 heteroatoms. The van der Waals surface area contributed by atoms with Crippen molar-refractivity contribution in [2.75, 3.05) is 14.2 Å². The fraction of sp³-hybridized carbons (Fsp3) is 0.167. The molecule has 1 aromatic rings. The second-order valence-electron chi connectivity index (χ2n) is 3.11. The predicted octanol–water partition coefficient (Wildman–Crippen LogP) is 1.55. The van der Waals surface area contributed by atoms with Gasteiger partial charge in [0.05, 0.1) is 26.0 Å². The maximum Gasteiger partial charge on any atom is 0.339 e. The molecule has 0 radical (unpaired) electrons. The molecule has 1 N–H and O–H groups in total. The van der Waals surface area contributed by atoms with Crippen LogP contribution in [-0.2, 0) is 14.3 Å². The number of benzene rings is 1. The van der Waals surface area contributed by atoms with Gasteiger partial charge in [-0.25, -0.2) is 9.59 Å². The first-order chi connectivity index (χ1) is 8.11. The van der Waals surface area contributed by atoms with Crippen molar-refractivity contribution in [3.63, 3.8) is 0 Å². The maximum atomic E-state index is 11.5. The first-order valence-corrected chi connectivity index (χ1v) is 4.75. The van der Waals surface area contributed by atoms with Crippen LogP contribution in [0.2, 0.25) is 0 Å². The molecular weight excluding hydrogens is 224 g/mol. The van der Waals surface area contributed by atoms with Gasteiger partial charge >= 0.3 is 11.9 Å². The molecule has 0 aromatic heterocycles. The van der Waals surface area contributed by atoms with Gasteiger partial charge in [0.25, 0.3) is 0 Å². The summed E-state index contributed by atoms with van der Waals surface area (Å²) in [4.78, 5) is 22.5. The average Bonchev–Trinajstić information content (AvgIpc) is 2.34. The van der Waals surface area contributed by atoms with Gasteiger partial charge in [-0.15, -0.1) is 0 Å². The van der Waals surface area contributed by atoms with E-state index in [1.807, 2.05) is 0 Å². The van der Waals surface area contributed by atoms with Gasteiger partial charge in [-0.2, -0.15) is 0 Å². The number of esters is 1. The van der Waals surface area contributed by atoms with Crippen LogP contribution in [-0.4, -0.2) is 31.3 Å². The van der Waals surface area contributed by atoms with E-state index in [9.17, 15) is 9.59 Å². The maximum absolute atomic E-state index is 11.5. The standard InChI is InChI=1S/C12H12O5/c1-16-7-10(11(13)14)8-5-3-4-6-9(8)12(15)17-2/h3-7H,1-2H3,(H,13,14)/b10-7+. The molecule has 0 amide bonds. The van der Waals surface area contributed by atoms with Crippen molar-refractivity contribution in [2.24, 2.45) is 0 Å². The molecular formula is C12H12O5. The lowest BCUT2D eigenvalue weighted by Gasteiger charge is -2.07. The van der Waals surface area contributed by atoms with Crippen molar-refractivity contribution in [2.45, 2.75) is 0 Å². The third kappa shape index (κ3) is 2.84. The lowest BCUT2D eigenvalue weighted by Crippen LogP contribution is -2.09. The topological polar surface area (TPSA) is 72.8 Å². The fourth-order valence-electron chi connectivity index (χ4n) is 1.35. The lowest BCUT2D eigenvalue weighted by atomic mass is 10.0. The minimum atomic E-state index is -1.18. The molecule has 0 aliphatic heterocycles. The Balaban J connectivity index is 3.34. The third-order valence-electron chi connectivity index (χ3n) is 2.09. The van der Waals surface area contributed by atoms with E-state index < -0.39 is 11.9 Å². The van der Waals surface area contributed by atoms with Crippen LogP contribution in [0.15, 0.2) is 30.5 Å². The first-order valence-electron chi connectivity index (χ1n) is 4.75. The molecule has 1 aromatic carbocycles. The van der Waals surface area contributed by atoms with Crippen LogP contribution in [0.3, 0.4) is 0 Å². The molecule has 0 spiro atoms. The molecule has 90 valence electrons. The van der Waals surface area contributed by atoms with Crippen molar-refractivity contribution >= 4 is 17.5 Å². The van der Waals surface area contributed by atoms with Gasteiger partial charge in [0.1, 0.15) is 5.57 Å². The summed E-state index contributed by atoms with van der Waals surface area (Å²) in [5.74, 6) is -1.77. The van der Waals surface area contributed by atoms with Crippen LogP contribution in [0, 0.1) is 0 Å². The Morgan fingerprint density at radius 2 is 1.76 bits per heavy atom. The van der Waals surface area contributed by atoms with E-state index in [1.54, 1.807) is 12.1 Å². The molecule has 0 aliphatic rings. The molecule has 0 heterocycles. The van der Waals surface area contributed by atoms with Gasteiger partial charge in [-0.05, 0) is 6.07 Å².